The Hall–Kier alpha value is -1.81. The summed E-state index contributed by atoms with van der Waals surface area (Å²) in [6, 6.07) is 11.5. The summed E-state index contributed by atoms with van der Waals surface area (Å²) in [5.74, 6) is -0.948. The molecular weight excluding hydrogens is 234 g/mol. The fourth-order valence-electron chi connectivity index (χ4n) is 1.40. The molecule has 1 heterocycles. The quantitative estimate of drug-likeness (QED) is 0.901. The molecule has 0 atom stereocenters. The molecule has 86 valence electrons. The predicted octanol–water partition coefficient (Wildman–Crippen LogP) is 3.24. The van der Waals surface area contributed by atoms with E-state index in [1.54, 1.807) is 6.07 Å². The van der Waals surface area contributed by atoms with Crippen LogP contribution in [0.15, 0.2) is 52.4 Å². The van der Waals surface area contributed by atoms with E-state index in [0.29, 0.717) is 0 Å². The zero-order chi connectivity index (χ0) is 12.3. The number of aromatic carboxylic acids is 1. The lowest BCUT2D eigenvalue weighted by atomic mass is 10.2. The van der Waals surface area contributed by atoms with Crippen LogP contribution in [0.5, 0.6) is 0 Å². The second-order valence-electron chi connectivity index (χ2n) is 3.54. The second kappa shape index (κ2) is 5.01. The van der Waals surface area contributed by atoms with Crippen LogP contribution in [-0.4, -0.2) is 16.1 Å². The molecule has 0 fully saturated rings. The number of hydrogen-bond acceptors (Lipinski definition) is 3. The van der Waals surface area contributed by atoms with Gasteiger partial charge in [-0.25, -0.2) is 4.79 Å². The first-order valence-electron chi connectivity index (χ1n) is 5.09. The van der Waals surface area contributed by atoms with Gasteiger partial charge in [-0.1, -0.05) is 30.0 Å². The highest BCUT2D eigenvalue weighted by atomic mass is 32.2. The SMILES string of the molecule is Cc1cc(Sc2ccccc2)c(C(=O)O)cn1. The molecule has 4 heteroatoms. The first kappa shape index (κ1) is 11.7. The predicted molar refractivity (Wildman–Crippen MR) is 66.5 cm³/mol. The molecule has 0 saturated heterocycles. The van der Waals surface area contributed by atoms with Crippen LogP contribution in [0.1, 0.15) is 16.1 Å². The Morgan fingerprint density at radius 3 is 2.65 bits per heavy atom. The molecule has 0 aliphatic rings. The van der Waals surface area contributed by atoms with Crippen LogP contribution in [0.2, 0.25) is 0 Å². The van der Waals surface area contributed by atoms with Gasteiger partial charge in [-0.15, -0.1) is 0 Å². The van der Waals surface area contributed by atoms with E-state index in [1.165, 1.54) is 18.0 Å². The summed E-state index contributed by atoms with van der Waals surface area (Å²) in [4.78, 5) is 16.8. The number of aryl methyl sites for hydroxylation is 1. The van der Waals surface area contributed by atoms with E-state index < -0.39 is 5.97 Å². The summed E-state index contributed by atoms with van der Waals surface area (Å²) in [5.41, 5.74) is 1.05. The summed E-state index contributed by atoms with van der Waals surface area (Å²) < 4.78 is 0. The van der Waals surface area contributed by atoms with Crippen LogP contribution in [0, 0.1) is 6.92 Å². The molecule has 1 N–H and O–H groups in total. The van der Waals surface area contributed by atoms with Gasteiger partial charge in [-0.3, -0.25) is 4.98 Å². The van der Waals surface area contributed by atoms with Crippen LogP contribution in [0.3, 0.4) is 0 Å². The van der Waals surface area contributed by atoms with Gasteiger partial charge in [0, 0.05) is 21.7 Å². The number of carboxylic acids is 1. The maximum Gasteiger partial charge on any atom is 0.338 e. The summed E-state index contributed by atoms with van der Waals surface area (Å²) in [5, 5.41) is 9.08. The Morgan fingerprint density at radius 2 is 2.00 bits per heavy atom. The maximum atomic E-state index is 11.1. The zero-order valence-corrected chi connectivity index (χ0v) is 10.1. The summed E-state index contributed by atoms with van der Waals surface area (Å²) >= 11 is 1.44. The third-order valence-corrected chi connectivity index (χ3v) is 3.27. The highest BCUT2D eigenvalue weighted by Crippen LogP contribution is 2.30. The zero-order valence-electron chi connectivity index (χ0n) is 9.25. The minimum absolute atomic E-state index is 0.240. The van der Waals surface area contributed by atoms with Crippen LogP contribution >= 0.6 is 11.8 Å². The van der Waals surface area contributed by atoms with Gasteiger partial charge >= 0.3 is 5.97 Å². The van der Waals surface area contributed by atoms with E-state index in [1.807, 2.05) is 37.3 Å². The van der Waals surface area contributed by atoms with Gasteiger partial charge in [0.15, 0.2) is 0 Å². The Bertz CT molecular complexity index is 540. The van der Waals surface area contributed by atoms with Crippen molar-refractivity contribution in [2.75, 3.05) is 0 Å². The Labute approximate surface area is 104 Å². The van der Waals surface area contributed by atoms with Crippen molar-refractivity contribution in [3.05, 3.63) is 53.9 Å². The standard InChI is InChI=1S/C13H11NO2S/c1-9-7-12(11(8-14-9)13(15)16)17-10-5-3-2-4-6-10/h2-8H,1H3,(H,15,16). The normalized spacial score (nSPS) is 10.2. The minimum Gasteiger partial charge on any atom is -0.478 e. The van der Waals surface area contributed by atoms with Crippen molar-refractivity contribution in [2.24, 2.45) is 0 Å². The molecular formula is C13H11NO2S. The van der Waals surface area contributed by atoms with Crippen LogP contribution < -0.4 is 0 Å². The monoisotopic (exact) mass is 245 g/mol. The molecule has 0 amide bonds. The number of carboxylic acid groups (broad SMARTS) is 1. The van der Waals surface area contributed by atoms with Gasteiger partial charge < -0.3 is 5.11 Å². The van der Waals surface area contributed by atoms with Crippen molar-refractivity contribution in [2.45, 2.75) is 16.7 Å². The molecule has 0 spiro atoms. The lowest BCUT2D eigenvalue weighted by Gasteiger charge is -2.06. The molecule has 0 saturated carbocycles. The van der Waals surface area contributed by atoms with E-state index in [-0.39, 0.29) is 5.56 Å². The average Bonchev–Trinajstić information content (AvgIpc) is 2.30. The van der Waals surface area contributed by atoms with E-state index in [2.05, 4.69) is 4.98 Å². The van der Waals surface area contributed by atoms with Crippen molar-refractivity contribution < 1.29 is 9.90 Å². The molecule has 1 aromatic heterocycles. The highest BCUT2D eigenvalue weighted by molar-refractivity contribution is 7.99. The maximum absolute atomic E-state index is 11.1. The number of aromatic nitrogens is 1. The summed E-state index contributed by atoms with van der Waals surface area (Å²) in [6.07, 6.45) is 1.41. The number of rotatable bonds is 3. The minimum atomic E-state index is -0.948. The largest absolute Gasteiger partial charge is 0.478 e. The lowest BCUT2D eigenvalue weighted by Crippen LogP contribution is -2.00. The number of nitrogens with zero attached hydrogens (tertiary/aromatic N) is 1. The van der Waals surface area contributed by atoms with Gasteiger partial charge in [0.1, 0.15) is 0 Å². The summed E-state index contributed by atoms with van der Waals surface area (Å²) in [7, 11) is 0. The lowest BCUT2D eigenvalue weighted by molar-refractivity contribution is 0.0692. The van der Waals surface area contributed by atoms with E-state index >= 15 is 0 Å². The molecule has 0 unspecified atom stereocenters. The molecule has 0 bridgehead atoms. The van der Waals surface area contributed by atoms with Gasteiger partial charge in [0.05, 0.1) is 5.56 Å². The number of benzene rings is 1. The van der Waals surface area contributed by atoms with Gasteiger partial charge in [-0.2, -0.15) is 0 Å². The second-order valence-corrected chi connectivity index (χ2v) is 4.66. The fourth-order valence-corrected chi connectivity index (χ4v) is 2.42. The smallest absolute Gasteiger partial charge is 0.338 e. The molecule has 2 aromatic rings. The number of carbonyl (C=O) groups is 1. The summed E-state index contributed by atoms with van der Waals surface area (Å²) in [6.45, 7) is 1.85. The molecule has 0 aliphatic carbocycles. The number of hydrogen-bond donors (Lipinski definition) is 1. The van der Waals surface area contributed by atoms with Crippen LogP contribution in [0.25, 0.3) is 0 Å². The van der Waals surface area contributed by atoms with Gasteiger partial charge in [0.25, 0.3) is 0 Å². The molecule has 17 heavy (non-hydrogen) atoms. The first-order valence-corrected chi connectivity index (χ1v) is 5.91. The van der Waals surface area contributed by atoms with E-state index in [9.17, 15) is 4.79 Å². The van der Waals surface area contributed by atoms with E-state index in [0.717, 1.165) is 15.5 Å². The molecule has 1 aromatic carbocycles. The molecule has 3 nitrogen and oxygen atoms in total. The topological polar surface area (TPSA) is 50.2 Å². The third kappa shape index (κ3) is 2.85. The van der Waals surface area contributed by atoms with Crippen molar-refractivity contribution in [3.8, 4) is 0 Å². The first-order chi connectivity index (χ1) is 8.16. The Kier molecular flexibility index (Phi) is 3.44. The molecule has 0 radical (unpaired) electrons. The molecule has 0 aliphatic heterocycles. The fraction of sp³-hybridized carbons (Fsp3) is 0.0769. The van der Waals surface area contributed by atoms with Gasteiger partial charge in [-0.05, 0) is 25.1 Å². The van der Waals surface area contributed by atoms with Crippen molar-refractivity contribution >= 4 is 17.7 Å². The van der Waals surface area contributed by atoms with Crippen LogP contribution in [0.4, 0.5) is 0 Å². The molecule has 2 rings (SSSR count). The Morgan fingerprint density at radius 1 is 1.29 bits per heavy atom. The third-order valence-electron chi connectivity index (χ3n) is 2.20. The van der Waals surface area contributed by atoms with Crippen molar-refractivity contribution in [3.63, 3.8) is 0 Å². The van der Waals surface area contributed by atoms with Crippen molar-refractivity contribution in [1.29, 1.82) is 0 Å². The average molecular weight is 245 g/mol. The van der Waals surface area contributed by atoms with Crippen LogP contribution in [-0.2, 0) is 0 Å². The van der Waals surface area contributed by atoms with Gasteiger partial charge in [0.2, 0.25) is 0 Å². The number of pyridine rings is 1. The van der Waals surface area contributed by atoms with Crippen molar-refractivity contribution in [1.82, 2.24) is 4.98 Å². The Balaban J connectivity index is 2.37. The highest BCUT2D eigenvalue weighted by Gasteiger charge is 2.11. The van der Waals surface area contributed by atoms with E-state index in [4.69, 9.17) is 5.11 Å².